The summed E-state index contributed by atoms with van der Waals surface area (Å²) in [7, 11) is 0. The number of nitrogens with zero attached hydrogens (tertiary/aromatic N) is 2. The zero-order valence-corrected chi connectivity index (χ0v) is 11.2. The van der Waals surface area contributed by atoms with E-state index in [1.165, 1.54) is 35.2 Å². The summed E-state index contributed by atoms with van der Waals surface area (Å²) >= 11 is 2.84. The van der Waals surface area contributed by atoms with Crippen LogP contribution < -0.4 is 5.73 Å². The second kappa shape index (κ2) is 5.89. The predicted octanol–water partition coefficient (Wildman–Crippen LogP) is 3.35. The molecule has 0 amide bonds. The zero-order chi connectivity index (χ0) is 13.9. The molecule has 0 fully saturated rings. The molecule has 0 saturated carbocycles. The Hall–Kier alpha value is -1.12. The van der Waals surface area contributed by atoms with Gasteiger partial charge in [-0.2, -0.15) is 13.2 Å². The summed E-state index contributed by atoms with van der Waals surface area (Å²) in [5.74, 6) is 0.542. The van der Waals surface area contributed by atoms with Crippen molar-refractivity contribution in [3.8, 4) is 0 Å². The number of benzene rings is 1. The molecule has 1 aromatic heterocycles. The summed E-state index contributed by atoms with van der Waals surface area (Å²) in [6.45, 7) is 0. The Morgan fingerprint density at radius 3 is 2.47 bits per heavy atom. The van der Waals surface area contributed by atoms with Gasteiger partial charge in [0.1, 0.15) is 5.51 Å². The first-order chi connectivity index (χ1) is 8.97. The van der Waals surface area contributed by atoms with Gasteiger partial charge in [-0.05, 0) is 17.7 Å². The van der Waals surface area contributed by atoms with Crippen LogP contribution in [-0.4, -0.2) is 16.0 Å². The molecule has 2 rings (SSSR count). The highest BCUT2D eigenvalue weighted by Crippen LogP contribution is 2.30. The third kappa shape index (κ3) is 3.92. The van der Waals surface area contributed by atoms with Crippen LogP contribution in [0.15, 0.2) is 34.1 Å². The van der Waals surface area contributed by atoms with Gasteiger partial charge in [0.05, 0.1) is 5.56 Å². The molecule has 0 radical (unpaired) electrons. The highest BCUT2D eigenvalue weighted by atomic mass is 32.2. The minimum absolute atomic E-state index is 0.337. The maximum atomic E-state index is 12.4. The Labute approximate surface area is 116 Å². The summed E-state index contributed by atoms with van der Waals surface area (Å²) in [4.78, 5) is 0. The fraction of sp³-hybridized carbons (Fsp3) is 0.273. The first-order valence-corrected chi connectivity index (χ1v) is 7.15. The molecule has 1 heterocycles. The third-order valence-electron chi connectivity index (χ3n) is 2.39. The molecule has 19 heavy (non-hydrogen) atoms. The van der Waals surface area contributed by atoms with Crippen molar-refractivity contribution >= 4 is 23.1 Å². The number of rotatable bonds is 4. The van der Waals surface area contributed by atoms with Crippen LogP contribution in [0.3, 0.4) is 0 Å². The zero-order valence-electron chi connectivity index (χ0n) is 9.59. The van der Waals surface area contributed by atoms with E-state index in [9.17, 15) is 13.2 Å². The van der Waals surface area contributed by atoms with E-state index in [2.05, 4.69) is 10.2 Å². The van der Waals surface area contributed by atoms with E-state index >= 15 is 0 Å². The maximum absolute atomic E-state index is 12.4. The predicted molar refractivity (Wildman–Crippen MR) is 69.0 cm³/mol. The number of hydrogen-bond donors (Lipinski definition) is 1. The molecule has 0 aliphatic heterocycles. The van der Waals surface area contributed by atoms with Crippen molar-refractivity contribution in [2.75, 3.05) is 5.75 Å². The van der Waals surface area contributed by atoms with Crippen molar-refractivity contribution in [2.24, 2.45) is 5.73 Å². The van der Waals surface area contributed by atoms with E-state index in [0.29, 0.717) is 11.3 Å². The van der Waals surface area contributed by atoms with Gasteiger partial charge in [-0.3, -0.25) is 0 Å². The number of halogens is 3. The average molecular weight is 305 g/mol. The first kappa shape index (κ1) is 14.3. The van der Waals surface area contributed by atoms with Gasteiger partial charge in [-0.15, -0.1) is 10.2 Å². The molecule has 3 nitrogen and oxygen atoms in total. The molecule has 1 atom stereocenters. The van der Waals surface area contributed by atoms with Crippen LogP contribution in [0.25, 0.3) is 0 Å². The fourth-order valence-corrected chi connectivity index (χ4v) is 2.91. The monoisotopic (exact) mass is 305 g/mol. The number of thioether (sulfide) groups is 1. The van der Waals surface area contributed by atoms with E-state index in [-0.39, 0.29) is 6.04 Å². The Morgan fingerprint density at radius 1 is 1.26 bits per heavy atom. The fourth-order valence-electron chi connectivity index (χ4n) is 1.40. The van der Waals surface area contributed by atoms with E-state index in [4.69, 9.17) is 5.73 Å². The number of alkyl halides is 3. The van der Waals surface area contributed by atoms with Gasteiger partial charge in [-0.1, -0.05) is 35.2 Å². The molecule has 0 bridgehead atoms. The second-order valence-corrected chi connectivity index (χ2v) is 5.84. The Bertz CT molecular complexity index is 511. The molecule has 102 valence electrons. The molecule has 0 aliphatic rings. The van der Waals surface area contributed by atoms with Crippen LogP contribution in [0.2, 0.25) is 0 Å². The lowest BCUT2D eigenvalue weighted by molar-refractivity contribution is -0.137. The van der Waals surface area contributed by atoms with Crippen molar-refractivity contribution in [1.82, 2.24) is 10.2 Å². The van der Waals surface area contributed by atoms with Gasteiger partial charge in [0, 0.05) is 11.8 Å². The minimum Gasteiger partial charge on any atom is -0.323 e. The van der Waals surface area contributed by atoms with Gasteiger partial charge in [0.15, 0.2) is 4.34 Å². The number of hydrogen-bond acceptors (Lipinski definition) is 5. The molecule has 0 aliphatic carbocycles. The second-order valence-electron chi connectivity index (χ2n) is 3.74. The standard InChI is InChI=1S/C11H10F3N3S2/c12-11(13,14)8-3-1-7(2-4-8)9(15)5-18-10-17-16-6-19-10/h1-4,6,9H,5,15H2. The van der Waals surface area contributed by atoms with E-state index in [0.717, 1.165) is 16.5 Å². The summed E-state index contributed by atoms with van der Waals surface area (Å²) in [6, 6.07) is 4.58. The molecule has 8 heteroatoms. The van der Waals surface area contributed by atoms with Gasteiger partial charge in [0.2, 0.25) is 0 Å². The van der Waals surface area contributed by atoms with Crippen molar-refractivity contribution in [3.63, 3.8) is 0 Å². The summed E-state index contributed by atoms with van der Waals surface area (Å²) in [6.07, 6.45) is -4.32. The van der Waals surface area contributed by atoms with E-state index < -0.39 is 11.7 Å². The van der Waals surface area contributed by atoms with Crippen molar-refractivity contribution in [2.45, 2.75) is 16.6 Å². The smallest absolute Gasteiger partial charge is 0.323 e. The molecule has 2 aromatic rings. The van der Waals surface area contributed by atoms with Gasteiger partial charge >= 0.3 is 6.18 Å². The topological polar surface area (TPSA) is 51.8 Å². The molecular weight excluding hydrogens is 295 g/mol. The highest BCUT2D eigenvalue weighted by Gasteiger charge is 2.30. The maximum Gasteiger partial charge on any atom is 0.416 e. The lowest BCUT2D eigenvalue weighted by Crippen LogP contribution is -2.13. The Morgan fingerprint density at radius 2 is 1.95 bits per heavy atom. The van der Waals surface area contributed by atoms with Crippen LogP contribution in [0.4, 0.5) is 13.2 Å². The van der Waals surface area contributed by atoms with Crippen molar-refractivity contribution in [1.29, 1.82) is 0 Å². The first-order valence-electron chi connectivity index (χ1n) is 5.28. The van der Waals surface area contributed by atoms with Crippen LogP contribution in [0, 0.1) is 0 Å². The quantitative estimate of drug-likeness (QED) is 0.880. The highest BCUT2D eigenvalue weighted by molar-refractivity contribution is 8.01. The Kier molecular flexibility index (Phi) is 4.43. The Balaban J connectivity index is 1.97. The normalized spacial score (nSPS) is 13.5. The molecule has 2 N–H and O–H groups in total. The van der Waals surface area contributed by atoms with Crippen LogP contribution in [-0.2, 0) is 6.18 Å². The molecule has 1 unspecified atom stereocenters. The summed E-state index contributed by atoms with van der Waals surface area (Å²) < 4.78 is 38.0. The van der Waals surface area contributed by atoms with E-state index in [1.807, 2.05) is 0 Å². The average Bonchev–Trinajstić information content (AvgIpc) is 2.88. The lowest BCUT2D eigenvalue weighted by Gasteiger charge is -2.12. The molecule has 0 spiro atoms. The van der Waals surface area contributed by atoms with E-state index in [1.54, 1.807) is 5.51 Å². The summed E-state index contributed by atoms with van der Waals surface area (Å²) in [5.41, 5.74) is 7.55. The molecule has 0 saturated heterocycles. The number of nitrogens with two attached hydrogens (primary N) is 1. The van der Waals surface area contributed by atoms with Crippen molar-refractivity contribution < 1.29 is 13.2 Å². The van der Waals surface area contributed by atoms with Gasteiger partial charge < -0.3 is 5.73 Å². The number of aromatic nitrogens is 2. The van der Waals surface area contributed by atoms with Crippen molar-refractivity contribution in [3.05, 3.63) is 40.9 Å². The molecule has 1 aromatic carbocycles. The lowest BCUT2D eigenvalue weighted by atomic mass is 10.1. The third-order valence-corrected chi connectivity index (χ3v) is 4.37. The SMILES string of the molecule is NC(CSc1nncs1)c1ccc(C(F)(F)F)cc1. The van der Waals surface area contributed by atoms with Gasteiger partial charge in [0.25, 0.3) is 0 Å². The van der Waals surface area contributed by atoms with Crippen LogP contribution in [0.5, 0.6) is 0 Å². The van der Waals surface area contributed by atoms with Crippen LogP contribution >= 0.6 is 23.1 Å². The molecular formula is C11H10F3N3S2. The minimum atomic E-state index is -4.32. The van der Waals surface area contributed by atoms with Crippen LogP contribution in [0.1, 0.15) is 17.2 Å². The summed E-state index contributed by atoms with van der Waals surface area (Å²) in [5, 5.41) is 7.55. The largest absolute Gasteiger partial charge is 0.416 e. The van der Waals surface area contributed by atoms with Gasteiger partial charge in [-0.25, -0.2) is 0 Å².